The van der Waals surface area contributed by atoms with Crippen LogP contribution in [0.25, 0.3) is 0 Å². The van der Waals surface area contributed by atoms with Gasteiger partial charge in [0.05, 0.1) is 42.9 Å². The predicted octanol–water partition coefficient (Wildman–Crippen LogP) is 3.04. The molecular weight excluding hydrogens is 696 g/mol. The average molecular weight is 773 g/mol. The summed E-state index contributed by atoms with van der Waals surface area (Å²) >= 11 is 0. The normalized spacial score (nSPS) is 18.2. The van der Waals surface area contributed by atoms with Gasteiger partial charge in [0.1, 0.15) is 0 Å². The smallest absolute Gasteiger partial charge is 0.225 e. The van der Waals surface area contributed by atoms with Crippen molar-refractivity contribution in [3.63, 3.8) is 0 Å². The molecule has 0 radical (unpaired) electrons. The van der Waals surface area contributed by atoms with Crippen LogP contribution in [0.2, 0.25) is 0 Å². The van der Waals surface area contributed by atoms with E-state index in [1.165, 1.54) is 13.0 Å². The molecule has 0 aliphatic rings. The zero-order valence-corrected chi connectivity index (χ0v) is 34.1. The SMILES string of the molecule is C/C=C/C(=O)C[C@H](O)CCC(O)(O)C[C@H](C)[C@H](O)CCCNC(=O)[C@H](C)[C@H](O)CNC(=O)C[C@H](O)[C@H](C)CCCC[C@H](O)CC[C@@H](C)/C=C(\C)[C@H](C)CO. The van der Waals surface area contributed by atoms with Crippen LogP contribution in [0.1, 0.15) is 132 Å². The van der Waals surface area contributed by atoms with Crippen LogP contribution in [0.5, 0.6) is 0 Å². The second kappa shape index (κ2) is 28.2. The number of ketones is 1. The molecule has 0 aliphatic heterocycles. The quantitative estimate of drug-likeness (QED) is 0.0213. The van der Waals surface area contributed by atoms with Gasteiger partial charge in [0.15, 0.2) is 11.6 Å². The average Bonchev–Trinajstić information content (AvgIpc) is 3.11. The van der Waals surface area contributed by atoms with Crippen molar-refractivity contribution < 1.29 is 55.2 Å². The lowest BCUT2D eigenvalue weighted by Gasteiger charge is -2.28. The van der Waals surface area contributed by atoms with Crippen molar-refractivity contribution in [2.75, 3.05) is 19.7 Å². The molecular formula is C41H76N2O11. The molecule has 0 aliphatic carbocycles. The Morgan fingerprint density at radius 1 is 0.722 bits per heavy atom. The number of aliphatic hydroxyl groups excluding tert-OH is 6. The van der Waals surface area contributed by atoms with E-state index in [-0.39, 0.29) is 75.8 Å². The maximum Gasteiger partial charge on any atom is 0.225 e. The number of unbranched alkanes of at least 4 members (excludes halogenated alkanes) is 1. The summed E-state index contributed by atoms with van der Waals surface area (Å²) in [5, 5.41) is 87.2. The van der Waals surface area contributed by atoms with Gasteiger partial charge in [-0.3, -0.25) is 14.4 Å². The van der Waals surface area contributed by atoms with E-state index in [0.717, 1.165) is 24.8 Å². The molecule has 0 aromatic heterocycles. The Balaban J connectivity index is 4.32. The Morgan fingerprint density at radius 3 is 2.00 bits per heavy atom. The Morgan fingerprint density at radius 2 is 1.37 bits per heavy atom. The number of rotatable bonds is 31. The molecule has 10 atom stereocenters. The van der Waals surface area contributed by atoms with Crippen molar-refractivity contribution in [3.05, 3.63) is 23.8 Å². The topological polar surface area (TPSA) is 237 Å². The highest BCUT2D eigenvalue weighted by atomic mass is 16.5. The van der Waals surface area contributed by atoms with Gasteiger partial charge in [-0.2, -0.15) is 0 Å². The van der Waals surface area contributed by atoms with Crippen LogP contribution >= 0.6 is 0 Å². The van der Waals surface area contributed by atoms with Crippen molar-refractivity contribution >= 4 is 17.6 Å². The zero-order chi connectivity index (χ0) is 41.4. The third kappa shape index (κ3) is 24.3. The highest BCUT2D eigenvalue weighted by Crippen LogP contribution is 2.25. The molecule has 0 unspecified atom stereocenters. The third-order valence-electron chi connectivity index (χ3n) is 10.5. The summed E-state index contributed by atoms with van der Waals surface area (Å²) in [6, 6.07) is 0. The maximum atomic E-state index is 12.6. The van der Waals surface area contributed by atoms with Crippen LogP contribution in [-0.4, -0.2) is 114 Å². The maximum absolute atomic E-state index is 12.6. The number of allylic oxidation sites excluding steroid dienone is 3. The van der Waals surface area contributed by atoms with E-state index in [4.69, 9.17) is 0 Å². The van der Waals surface area contributed by atoms with Gasteiger partial charge in [-0.15, -0.1) is 0 Å². The molecule has 0 heterocycles. The zero-order valence-electron chi connectivity index (χ0n) is 34.1. The standard InChI is InChI=1S/C41H76N2O11/c1-8-12-34(46)22-35(47)18-19-41(53,54)24-30(5)36(48)15-11-20-42-40(52)32(7)38(50)25-43-39(51)23-37(49)28(3)13-9-10-14-33(45)17-16-27(2)21-29(4)31(6)26-44/h8,12,21,27-28,30-33,35-38,44-45,47-50,53-54H,9-11,13-20,22-26H2,1-7H3,(H,42,52)(H,43,51)/b12-8+,29-21+/t27-,28-,30+,31-,32-,33+,35-,36-,37+,38-/m1/s1. The lowest BCUT2D eigenvalue weighted by Crippen LogP contribution is -2.43. The summed E-state index contributed by atoms with van der Waals surface area (Å²) < 4.78 is 0. The van der Waals surface area contributed by atoms with Crippen LogP contribution in [0.4, 0.5) is 0 Å². The van der Waals surface area contributed by atoms with Crippen LogP contribution in [0.15, 0.2) is 23.8 Å². The van der Waals surface area contributed by atoms with Crippen molar-refractivity contribution in [2.24, 2.45) is 29.6 Å². The summed E-state index contributed by atoms with van der Waals surface area (Å²) in [6.45, 7) is 13.1. The third-order valence-corrected chi connectivity index (χ3v) is 10.5. The number of amides is 2. The van der Waals surface area contributed by atoms with Gasteiger partial charge in [-0.25, -0.2) is 0 Å². The van der Waals surface area contributed by atoms with Crippen molar-refractivity contribution in [1.29, 1.82) is 0 Å². The fourth-order valence-corrected chi connectivity index (χ4v) is 6.22. The molecule has 0 aromatic carbocycles. The molecule has 13 heteroatoms. The predicted molar refractivity (Wildman–Crippen MR) is 210 cm³/mol. The summed E-state index contributed by atoms with van der Waals surface area (Å²) in [5.74, 6) is -4.24. The van der Waals surface area contributed by atoms with Gasteiger partial charge in [0.25, 0.3) is 0 Å². The van der Waals surface area contributed by atoms with E-state index in [1.54, 1.807) is 19.9 Å². The molecule has 54 heavy (non-hydrogen) atoms. The molecule has 0 spiro atoms. The second-order valence-corrected chi connectivity index (χ2v) is 15.9. The largest absolute Gasteiger partial charge is 0.396 e. The number of nitrogens with one attached hydrogen (secondary N) is 2. The summed E-state index contributed by atoms with van der Waals surface area (Å²) in [7, 11) is 0. The van der Waals surface area contributed by atoms with E-state index >= 15 is 0 Å². The van der Waals surface area contributed by atoms with E-state index in [1.807, 2.05) is 20.8 Å². The molecule has 0 rings (SSSR count). The van der Waals surface area contributed by atoms with Gasteiger partial charge in [-0.1, -0.05) is 65.2 Å². The van der Waals surface area contributed by atoms with Gasteiger partial charge in [-0.05, 0) is 88.5 Å². The molecule has 0 fully saturated rings. The molecule has 0 aromatic rings. The van der Waals surface area contributed by atoms with Crippen molar-refractivity contribution in [2.45, 2.75) is 168 Å². The highest BCUT2D eigenvalue weighted by molar-refractivity contribution is 5.89. The second-order valence-electron chi connectivity index (χ2n) is 15.9. The molecule has 0 saturated carbocycles. The Labute approximate surface area is 324 Å². The minimum absolute atomic E-state index is 0.0144. The molecule has 2 amide bonds. The molecule has 0 saturated heterocycles. The first-order valence-electron chi connectivity index (χ1n) is 20.1. The van der Waals surface area contributed by atoms with Gasteiger partial charge >= 0.3 is 0 Å². The first kappa shape index (κ1) is 51.8. The Bertz CT molecular complexity index is 1110. The number of hydrogen-bond acceptors (Lipinski definition) is 11. The van der Waals surface area contributed by atoms with Crippen LogP contribution in [0.3, 0.4) is 0 Å². The van der Waals surface area contributed by atoms with E-state index in [2.05, 4.69) is 23.6 Å². The lowest BCUT2D eigenvalue weighted by molar-refractivity contribution is -0.187. The number of aliphatic hydroxyl groups is 8. The Kier molecular flexibility index (Phi) is 27.0. The fraction of sp³-hybridized carbons (Fsp3) is 0.829. The summed E-state index contributed by atoms with van der Waals surface area (Å²) in [5.41, 5.74) is 1.16. The summed E-state index contributed by atoms with van der Waals surface area (Å²) in [6.07, 6.45) is 5.46. The van der Waals surface area contributed by atoms with Crippen molar-refractivity contribution in [3.8, 4) is 0 Å². The van der Waals surface area contributed by atoms with Crippen LogP contribution in [-0.2, 0) is 14.4 Å². The monoisotopic (exact) mass is 773 g/mol. The van der Waals surface area contributed by atoms with E-state index < -0.39 is 60.0 Å². The van der Waals surface area contributed by atoms with Gasteiger partial charge in [0.2, 0.25) is 11.8 Å². The Hall–Kier alpha value is -2.23. The molecule has 316 valence electrons. The molecule has 0 bridgehead atoms. The number of hydrogen-bond donors (Lipinski definition) is 10. The minimum Gasteiger partial charge on any atom is -0.396 e. The highest BCUT2D eigenvalue weighted by Gasteiger charge is 2.30. The lowest BCUT2D eigenvalue weighted by atomic mass is 9.90. The van der Waals surface area contributed by atoms with Crippen LogP contribution < -0.4 is 10.6 Å². The van der Waals surface area contributed by atoms with Gasteiger partial charge < -0.3 is 51.5 Å². The number of carbonyl (C=O) groups excluding carboxylic acids is 3. The van der Waals surface area contributed by atoms with E-state index in [0.29, 0.717) is 31.6 Å². The van der Waals surface area contributed by atoms with Gasteiger partial charge in [0, 0.05) is 39.0 Å². The number of carbonyl (C=O) groups is 3. The first-order chi connectivity index (χ1) is 25.2. The summed E-state index contributed by atoms with van der Waals surface area (Å²) in [4.78, 5) is 36.6. The minimum atomic E-state index is -2.12. The molecule has 13 nitrogen and oxygen atoms in total. The van der Waals surface area contributed by atoms with Crippen molar-refractivity contribution in [1.82, 2.24) is 10.6 Å². The fourth-order valence-electron chi connectivity index (χ4n) is 6.22. The molecule has 10 N–H and O–H groups in total. The van der Waals surface area contributed by atoms with Crippen LogP contribution in [0, 0.1) is 29.6 Å². The van der Waals surface area contributed by atoms with E-state index in [9.17, 15) is 55.2 Å². The first-order valence-corrected chi connectivity index (χ1v) is 20.1.